The summed E-state index contributed by atoms with van der Waals surface area (Å²) < 4.78 is 10.7. The quantitative estimate of drug-likeness (QED) is 0.738. The van der Waals surface area contributed by atoms with Crippen molar-refractivity contribution in [3.63, 3.8) is 0 Å². The van der Waals surface area contributed by atoms with Gasteiger partial charge in [-0.1, -0.05) is 11.6 Å². The molecule has 1 N–H and O–H groups in total. The molecule has 0 saturated heterocycles. The number of methoxy groups -OCH3 is 1. The molecule has 2 aromatic rings. The topological polar surface area (TPSA) is 74.1 Å². The smallest absolute Gasteiger partial charge is 0.212 e. The Hall–Kier alpha value is -1.70. The summed E-state index contributed by atoms with van der Waals surface area (Å²) >= 11 is 6.03. The van der Waals surface area contributed by atoms with E-state index in [1.165, 1.54) is 4.80 Å². The summed E-state index contributed by atoms with van der Waals surface area (Å²) in [6.07, 6.45) is 0. The normalized spacial score (nSPS) is 10.8. The SMILES string of the molecule is COCCNCc1cc(Cl)ccc1OCc1nnn(C)n1. The summed E-state index contributed by atoms with van der Waals surface area (Å²) in [6.45, 7) is 2.32. The first-order chi connectivity index (χ1) is 10.2. The fourth-order valence-electron chi connectivity index (χ4n) is 1.75. The number of halogens is 1. The monoisotopic (exact) mass is 311 g/mol. The van der Waals surface area contributed by atoms with Crippen LogP contribution in [0.3, 0.4) is 0 Å². The average molecular weight is 312 g/mol. The highest BCUT2D eigenvalue weighted by Crippen LogP contribution is 2.23. The number of benzene rings is 1. The van der Waals surface area contributed by atoms with Crippen LogP contribution in [0.15, 0.2) is 18.2 Å². The van der Waals surface area contributed by atoms with Crippen molar-refractivity contribution >= 4 is 11.6 Å². The molecule has 1 heterocycles. The van der Waals surface area contributed by atoms with Crippen LogP contribution in [0.4, 0.5) is 0 Å². The van der Waals surface area contributed by atoms with E-state index in [0.29, 0.717) is 24.0 Å². The number of hydrogen-bond donors (Lipinski definition) is 1. The standard InChI is InChI=1S/C13H18ClN5O2/c1-19-17-13(16-18-19)9-21-12-4-3-11(14)7-10(12)8-15-5-6-20-2/h3-4,7,15H,5-6,8-9H2,1-2H3. The average Bonchev–Trinajstić information content (AvgIpc) is 2.88. The molecule has 0 spiro atoms. The third-order valence-corrected chi connectivity index (χ3v) is 2.96. The minimum Gasteiger partial charge on any atom is -0.485 e. The number of rotatable bonds is 8. The largest absolute Gasteiger partial charge is 0.485 e. The predicted molar refractivity (Wildman–Crippen MR) is 78.2 cm³/mol. The van der Waals surface area contributed by atoms with Gasteiger partial charge in [0.2, 0.25) is 5.82 Å². The number of nitrogens with one attached hydrogen (secondary N) is 1. The molecule has 0 atom stereocenters. The van der Waals surface area contributed by atoms with Crippen LogP contribution in [0.5, 0.6) is 5.75 Å². The summed E-state index contributed by atoms with van der Waals surface area (Å²) in [5.41, 5.74) is 0.975. The second-order valence-corrected chi connectivity index (χ2v) is 4.84. The van der Waals surface area contributed by atoms with Crippen molar-refractivity contribution in [3.05, 3.63) is 34.6 Å². The van der Waals surface area contributed by atoms with Gasteiger partial charge in [0, 0.05) is 30.8 Å². The van der Waals surface area contributed by atoms with Gasteiger partial charge in [-0.05, 0) is 23.4 Å². The zero-order valence-electron chi connectivity index (χ0n) is 12.0. The molecule has 0 saturated carbocycles. The molecule has 2 rings (SSSR count). The molecule has 0 unspecified atom stereocenters. The van der Waals surface area contributed by atoms with E-state index in [0.717, 1.165) is 17.9 Å². The van der Waals surface area contributed by atoms with Crippen LogP contribution in [-0.4, -0.2) is 40.5 Å². The molecule has 0 aliphatic heterocycles. The molecule has 114 valence electrons. The van der Waals surface area contributed by atoms with E-state index in [-0.39, 0.29) is 6.61 Å². The van der Waals surface area contributed by atoms with Gasteiger partial charge in [-0.25, -0.2) is 0 Å². The third-order valence-electron chi connectivity index (χ3n) is 2.73. The van der Waals surface area contributed by atoms with Crippen molar-refractivity contribution in [3.8, 4) is 5.75 Å². The van der Waals surface area contributed by atoms with Crippen molar-refractivity contribution in [1.82, 2.24) is 25.5 Å². The molecular weight excluding hydrogens is 294 g/mol. The Morgan fingerprint density at radius 2 is 2.24 bits per heavy atom. The van der Waals surface area contributed by atoms with E-state index in [9.17, 15) is 0 Å². The van der Waals surface area contributed by atoms with Crippen LogP contribution in [0, 0.1) is 0 Å². The summed E-state index contributed by atoms with van der Waals surface area (Å²) in [6, 6.07) is 5.51. The summed E-state index contributed by atoms with van der Waals surface area (Å²) in [5.74, 6) is 1.28. The third kappa shape index (κ3) is 4.96. The van der Waals surface area contributed by atoms with E-state index < -0.39 is 0 Å². The number of hydrogen-bond acceptors (Lipinski definition) is 6. The summed E-state index contributed by atoms with van der Waals surface area (Å²) in [5, 5.41) is 15.6. The van der Waals surface area contributed by atoms with Gasteiger partial charge in [-0.15, -0.1) is 10.2 Å². The van der Waals surface area contributed by atoms with E-state index in [2.05, 4.69) is 20.7 Å². The number of tetrazole rings is 1. The van der Waals surface area contributed by atoms with Crippen molar-refractivity contribution < 1.29 is 9.47 Å². The molecule has 8 heteroatoms. The molecule has 1 aromatic carbocycles. The first kappa shape index (κ1) is 15.7. The highest BCUT2D eigenvalue weighted by Gasteiger charge is 2.07. The van der Waals surface area contributed by atoms with Crippen LogP contribution < -0.4 is 10.1 Å². The lowest BCUT2D eigenvalue weighted by molar-refractivity contribution is 0.199. The Bertz CT molecular complexity index is 575. The molecule has 0 aliphatic carbocycles. The van der Waals surface area contributed by atoms with Gasteiger partial charge < -0.3 is 14.8 Å². The van der Waals surface area contributed by atoms with Gasteiger partial charge in [-0.2, -0.15) is 4.80 Å². The van der Waals surface area contributed by atoms with Crippen LogP contribution in [0.1, 0.15) is 11.4 Å². The van der Waals surface area contributed by atoms with Crippen molar-refractivity contribution in [1.29, 1.82) is 0 Å². The van der Waals surface area contributed by atoms with Crippen LogP contribution in [-0.2, 0) is 24.9 Å². The maximum Gasteiger partial charge on any atom is 0.212 e. The highest BCUT2D eigenvalue weighted by molar-refractivity contribution is 6.30. The fourth-order valence-corrected chi connectivity index (χ4v) is 1.94. The van der Waals surface area contributed by atoms with Crippen LogP contribution in [0.2, 0.25) is 5.02 Å². The van der Waals surface area contributed by atoms with E-state index >= 15 is 0 Å². The minimum absolute atomic E-state index is 0.264. The van der Waals surface area contributed by atoms with Gasteiger partial charge in [0.05, 0.1) is 13.7 Å². The lowest BCUT2D eigenvalue weighted by Crippen LogP contribution is -2.19. The number of nitrogens with zero attached hydrogens (tertiary/aromatic N) is 4. The summed E-state index contributed by atoms with van der Waals surface area (Å²) in [7, 11) is 3.38. The molecular formula is C13H18ClN5O2. The molecule has 0 bridgehead atoms. The Balaban J connectivity index is 1.97. The number of aromatic nitrogens is 4. The van der Waals surface area contributed by atoms with Crippen molar-refractivity contribution in [2.45, 2.75) is 13.2 Å². The lowest BCUT2D eigenvalue weighted by Gasteiger charge is -2.11. The molecule has 0 fully saturated rings. The second-order valence-electron chi connectivity index (χ2n) is 4.41. The van der Waals surface area contributed by atoms with E-state index in [4.69, 9.17) is 21.1 Å². The number of aryl methyl sites for hydroxylation is 1. The zero-order valence-corrected chi connectivity index (χ0v) is 12.8. The predicted octanol–water partition coefficient (Wildman–Crippen LogP) is 1.18. The van der Waals surface area contributed by atoms with Crippen molar-refractivity contribution in [2.75, 3.05) is 20.3 Å². The fraction of sp³-hybridized carbons (Fsp3) is 0.462. The molecule has 0 aliphatic rings. The highest BCUT2D eigenvalue weighted by atomic mass is 35.5. The van der Waals surface area contributed by atoms with Gasteiger partial charge in [0.1, 0.15) is 5.75 Å². The van der Waals surface area contributed by atoms with E-state index in [1.54, 1.807) is 20.2 Å². The number of ether oxygens (including phenoxy) is 2. The maximum absolute atomic E-state index is 6.03. The van der Waals surface area contributed by atoms with Crippen molar-refractivity contribution in [2.24, 2.45) is 7.05 Å². The zero-order chi connectivity index (χ0) is 15.1. The minimum atomic E-state index is 0.264. The first-order valence-corrected chi connectivity index (χ1v) is 6.90. The Morgan fingerprint density at radius 3 is 2.95 bits per heavy atom. The van der Waals surface area contributed by atoms with E-state index in [1.807, 2.05) is 12.1 Å². The molecule has 0 radical (unpaired) electrons. The molecule has 21 heavy (non-hydrogen) atoms. The van der Waals surface area contributed by atoms with Gasteiger partial charge in [-0.3, -0.25) is 0 Å². The molecule has 0 amide bonds. The van der Waals surface area contributed by atoms with Gasteiger partial charge in [0.25, 0.3) is 0 Å². The first-order valence-electron chi connectivity index (χ1n) is 6.53. The second kappa shape index (κ2) is 7.92. The Kier molecular flexibility index (Phi) is 5.91. The van der Waals surface area contributed by atoms with Gasteiger partial charge >= 0.3 is 0 Å². The summed E-state index contributed by atoms with van der Waals surface area (Å²) in [4.78, 5) is 1.40. The Labute approximate surface area is 128 Å². The molecule has 7 nitrogen and oxygen atoms in total. The van der Waals surface area contributed by atoms with Crippen LogP contribution in [0.25, 0.3) is 0 Å². The maximum atomic E-state index is 6.03. The Morgan fingerprint density at radius 1 is 1.38 bits per heavy atom. The lowest BCUT2D eigenvalue weighted by atomic mass is 10.2. The van der Waals surface area contributed by atoms with Gasteiger partial charge in [0.15, 0.2) is 6.61 Å². The molecule has 1 aromatic heterocycles. The van der Waals surface area contributed by atoms with Crippen LogP contribution >= 0.6 is 11.6 Å².